The monoisotopic (exact) mass is 617 g/mol. The Labute approximate surface area is 252 Å². The highest BCUT2D eigenvalue weighted by molar-refractivity contribution is 8.00. The number of hydrogen-bond acceptors (Lipinski definition) is 7. The van der Waals surface area contributed by atoms with Gasteiger partial charge in [-0.05, 0) is 72.0 Å². The number of amides is 3. The van der Waals surface area contributed by atoms with Gasteiger partial charge in [-0.1, -0.05) is 35.6 Å². The van der Waals surface area contributed by atoms with Crippen molar-refractivity contribution in [3.63, 3.8) is 0 Å². The van der Waals surface area contributed by atoms with E-state index in [9.17, 15) is 23.6 Å². The van der Waals surface area contributed by atoms with Gasteiger partial charge < -0.3 is 5.32 Å². The fourth-order valence-corrected chi connectivity index (χ4v) is 11.9. The van der Waals surface area contributed by atoms with Gasteiger partial charge in [-0.15, -0.1) is 23.1 Å². The molecular formula is C31H24FN3O4S3. The maximum absolute atomic E-state index is 13.8. The van der Waals surface area contributed by atoms with E-state index in [-0.39, 0.29) is 58.1 Å². The molecule has 7 atom stereocenters. The number of thiophene rings is 1. The molecule has 2 saturated carbocycles. The van der Waals surface area contributed by atoms with Crippen LogP contribution in [0.2, 0.25) is 0 Å². The molecule has 2 bridgehead atoms. The zero-order valence-electron chi connectivity index (χ0n) is 22.0. The molecule has 3 fully saturated rings. The molecule has 2 aromatic carbocycles. The van der Waals surface area contributed by atoms with Crippen LogP contribution in [0.15, 0.2) is 81.9 Å². The van der Waals surface area contributed by atoms with Gasteiger partial charge in [-0.3, -0.25) is 28.6 Å². The lowest BCUT2D eigenvalue weighted by Gasteiger charge is -2.42. The van der Waals surface area contributed by atoms with E-state index in [1.165, 1.54) is 40.5 Å². The molecule has 4 aromatic rings. The smallest absolute Gasteiger partial charge is 0.308 e. The average molecular weight is 618 g/mol. The molecule has 8 rings (SSSR count). The Kier molecular flexibility index (Phi) is 6.06. The number of anilines is 2. The van der Waals surface area contributed by atoms with Crippen molar-refractivity contribution in [2.75, 3.05) is 10.2 Å². The van der Waals surface area contributed by atoms with Gasteiger partial charge in [0, 0.05) is 26.6 Å². The fraction of sp³-hybridized carbons (Fsp3) is 0.290. The van der Waals surface area contributed by atoms with Crippen LogP contribution in [-0.4, -0.2) is 27.5 Å². The third-order valence-electron chi connectivity index (χ3n) is 9.24. The first-order chi connectivity index (χ1) is 20.4. The Hall–Kier alpha value is -3.54. The first-order valence-corrected chi connectivity index (χ1v) is 16.4. The van der Waals surface area contributed by atoms with Gasteiger partial charge in [0.2, 0.25) is 17.7 Å². The lowest BCUT2D eigenvalue weighted by atomic mass is 9.69. The molecule has 42 heavy (non-hydrogen) atoms. The minimum atomic E-state index is -0.438. The predicted molar refractivity (Wildman–Crippen MR) is 160 cm³/mol. The molecule has 2 aromatic heterocycles. The van der Waals surface area contributed by atoms with Crippen molar-refractivity contribution in [2.24, 2.45) is 29.6 Å². The minimum Gasteiger partial charge on any atom is -0.325 e. The lowest BCUT2D eigenvalue weighted by Crippen LogP contribution is -2.43. The Morgan fingerprint density at radius 1 is 0.929 bits per heavy atom. The van der Waals surface area contributed by atoms with Crippen molar-refractivity contribution in [2.45, 2.75) is 29.2 Å². The number of para-hydroxylation sites is 1. The molecule has 2 aliphatic carbocycles. The maximum atomic E-state index is 13.8. The zero-order valence-corrected chi connectivity index (χ0v) is 24.5. The summed E-state index contributed by atoms with van der Waals surface area (Å²) in [7, 11) is 0. The van der Waals surface area contributed by atoms with Crippen molar-refractivity contribution in [1.29, 1.82) is 0 Å². The number of fused-ring (bicyclic) bond motifs is 9. The Morgan fingerprint density at radius 3 is 2.38 bits per heavy atom. The molecule has 7 unspecified atom stereocenters. The highest BCUT2D eigenvalue weighted by atomic mass is 32.2. The van der Waals surface area contributed by atoms with Gasteiger partial charge in [0.15, 0.2) is 0 Å². The van der Waals surface area contributed by atoms with Gasteiger partial charge in [0.25, 0.3) is 0 Å². The van der Waals surface area contributed by atoms with Crippen LogP contribution in [0.1, 0.15) is 22.1 Å². The summed E-state index contributed by atoms with van der Waals surface area (Å²) in [5, 5.41) is 5.72. The second-order valence-electron chi connectivity index (χ2n) is 11.3. The van der Waals surface area contributed by atoms with E-state index in [1.54, 1.807) is 39.8 Å². The highest BCUT2D eigenvalue weighted by Crippen LogP contribution is 2.69. The summed E-state index contributed by atoms with van der Waals surface area (Å²) >= 11 is 4.43. The van der Waals surface area contributed by atoms with Gasteiger partial charge in [-0.25, -0.2) is 4.39 Å². The van der Waals surface area contributed by atoms with E-state index in [1.807, 2.05) is 29.6 Å². The number of thiazole rings is 1. The predicted octanol–water partition coefficient (Wildman–Crippen LogP) is 5.43. The van der Waals surface area contributed by atoms with Crippen LogP contribution < -0.4 is 15.1 Å². The molecule has 1 N–H and O–H groups in total. The number of rotatable bonds is 5. The Balaban J connectivity index is 1.16. The van der Waals surface area contributed by atoms with Crippen molar-refractivity contribution in [3.05, 3.63) is 97.3 Å². The molecule has 0 radical (unpaired) electrons. The standard InChI is InChI=1S/C31H24FN3O4S3/c32-15-8-10-17(11-9-15)35-28(37)23-18-13-19(24(23)29(35)38)26-22(18)25(20-7-4-12-40-20)27-30(41-26)34(31(39)42-27)14-21(36)33-16-5-2-1-3-6-16/h1-12,18-19,22-26H,13-14H2,(H,33,36). The molecule has 0 spiro atoms. The number of aromatic nitrogens is 1. The summed E-state index contributed by atoms with van der Waals surface area (Å²) in [5.41, 5.74) is 1.07. The lowest BCUT2D eigenvalue weighted by molar-refractivity contribution is -0.123. The number of carbonyl (C=O) groups is 3. The normalized spacial score (nSPS) is 29.0. The molecular weight excluding hydrogens is 594 g/mol. The number of nitrogens with zero attached hydrogens (tertiary/aromatic N) is 2. The summed E-state index contributed by atoms with van der Waals surface area (Å²) in [6, 6.07) is 18.7. The van der Waals surface area contributed by atoms with E-state index < -0.39 is 17.7 Å². The van der Waals surface area contributed by atoms with Crippen molar-refractivity contribution >= 4 is 63.5 Å². The van der Waals surface area contributed by atoms with Crippen LogP contribution in [0.3, 0.4) is 0 Å². The number of halogens is 1. The zero-order chi connectivity index (χ0) is 28.7. The molecule has 3 amide bonds. The Morgan fingerprint density at radius 2 is 1.67 bits per heavy atom. The third-order valence-corrected chi connectivity index (χ3v) is 13.0. The van der Waals surface area contributed by atoms with Crippen LogP contribution in [-0.2, 0) is 20.9 Å². The molecule has 4 aliphatic rings. The van der Waals surface area contributed by atoms with Gasteiger partial charge in [-0.2, -0.15) is 0 Å². The average Bonchev–Trinajstić information content (AvgIpc) is 3.80. The second-order valence-corrected chi connectivity index (χ2v) is 14.4. The number of thioether (sulfide) groups is 1. The second kappa shape index (κ2) is 9.75. The molecule has 4 heterocycles. The SMILES string of the molecule is O=C(Cn1c2c(sc1=O)C(c1cccs1)C1C3CC(C1S2)C1C(=O)N(c2ccc(F)cc2)C(=O)C31)Nc1ccccc1. The molecule has 11 heteroatoms. The molecule has 212 valence electrons. The van der Waals surface area contributed by atoms with Gasteiger partial charge in [0.1, 0.15) is 12.4 Å². The maximum Gasteiger partial charge on any atom is 0.308 e. The van der Waals surface area contributed by atoms with Crippen molar-refractivity contribution in [3.8, 4) is 0 Å². The summed E-state index contributed by atoms with van der Waals surface area (Å²) < 4.78 is 15.2. The first kappa shape index (κ1) is 26.1. The topological polar surface area (TPSA) is 88.5 Å². The Bertz CT molecular complexity index is 1790. The minimum absolute atomic E-state index is 0.00770. The summed E-state index contributed by atoms with van der Waals surface area (Å²) in [5.74, 6) is -2.02. The summed E-state index contributed by atoms with van der Waals surface area (Å²) in [4.78, 5) is 57.2. The van der Waals surface area contributed by atoms with E-state index in [0.29, 0.717) is 11.4 Å². The molecule has 2 aliphatic heterocycles. The van der Waals surface area contributed by atoms with Crippen LogP contribution in [0.25, 0.3) is 0 Å². The quantitative estimate of drug-likeness (QED) is 0.302. The summed E-state index contributed by atoms with van der Waals surface area (Å²) in [6.45, 7) is -0.100. The largest absolute Gasteiger partial charge is 0.325 e. The van der Waals surface area contributed by atoms with Crippen LogP contribution >= 0.6 is 34.4 Å². The van der Waals surface area contributed by atoms with Crippen LogP contribution in [0.4, 0.5) is 15.8 Å². The van der Waals surface area contributed by atoms with Gasteiger partial charge >= 0.3 is 4.87 Å². The van der Waals surface area contributed by atoms with Crippen LogP contribution in [0.5, 0.6) is 0 Å². The van der Waals surface area contributed by atoms with E-state index in [2.05, 4.69) is 11.4 Å². The first-order valence-electron chi connectivity index (χ1n) is 13.8. The van der Waals surface area contributed by atoms with Crippen molar-refractivity contribution < 1.29 is 18.8 Å². The molecule has 7 nitrogen and oxygen atoms in total. The number of benzene rings is 2. The van der Waals surface area contributed by atoms with Gasteiger partial charge in [0.05, 0.1) is 22.5 Å². The number of carbonyl (C=O) groups excluding carboxylic acids is 3. The summed E-state index contributed by atoms with van der Waals surface area (Å²) in [6.07, 6.45) is 0.780. The third kappa shape index (κ3) is 3.83. The van der Waals surface area contributed by atoms with E-state index >= 15 is 0 Å². The van der Waals surface area contributed by atoms with E-state index in [0.717, 1.165) is 21.2 Å². The number of nitrogens with one attached hydrogen (secondary N) is 1. The van der Waals surface area contributed by atoms with Crippen molar-refractivity contribution in [1.82, 2.24) is 4.57 Å². The number of hydrogen-bond donors (Lipinski definition) is 1. The number of imide groups is 1. The van der Waals surface area contributed by atoms with E-state index in [4.69, 9.17) is 0 Å². The van der Waals surface area contributed by atoms with Crippen LogP contribution in [0, 0.1) is 35.4 Å². The molecule has 1 saturated heterocycles. The highest BCUT2D eigenvalue weighted by Gasteiger charge is 2.70. The fourth-order valence-electron chi connectivity index (χ4n) is 7.75.